The number of nitrogens with one attached hydrogen (secondary N) is 2. The maximum absolute atomic E-state index is 4.46. The lowest BCUT2D eigenvalue weighted by Crippen LogP contribution is -2.11. The third-order valence-corrected chi connectivity index (χ3v) is 3.00. The van der Waals surface area contributed by atoms with Gasteiger partial charge in [-0.2, -0.15) is 10.1 Å². The summed E-state index contributed by atoms with van der Waals surface area (Å²) in [5.41, 5.74) is 2.16. The predicted octanol–water partition coefficient (Wildman–Crippen LogP) is 2.00. The number of hydrogen-bond acceptors (Lipinski definition) is 5. The first-order valence-corrected chi connectivity index (χ1v) is 6.99. The van der Waals surface area contributed by atoms with Crippen LogP contribution in [0.15, 0.2) is 18.3 Å². The Morgan fingerprint density at radius 1 is 1.20 bits per heavy atom. The van der Waals surface area contributed by atoms with Crippen molar-refractivity contribution in [3.05, 3.63) is 29.7 Å². The van der Waals surface area contributed by atoms with Crippen LogP contribution in [0.4, 0.5) is 11.8 Å². The Kier molecular flexibility index (Phi) is 4.92. The van der Waals surface area contributed by atoms with E-state index in [0.29, 0.717) is 5.95 Å². The molecule has 20 heavy (non-hydrogen) atoms. The highest BCUT2D eigenvalue weighted by atomic mass is 15.3. The summed E-state index contributed by atoms with van der Waals surface area (Å²) in [6, 6.07) is 3.99. The van der Waals surface area contributed by atoms with Crippen LogP contribution in [-0.2, 0) is 13.5 Å². The topological polar surface area (TPSA) is 67.7 Å². The van der Waals surface area contributed by atoms with Gasteiger partial charge in [-0.25, -0.2) is 4.98 Å². The summed E-state index contributed by atoms with van der Waals surface area (Å²) < 4.78 is 1.89. The van der Waals surface area contributed by atoms with Crippen LogP contribution in [0.5, 0.6) is 0 Å². The molecule has 2 heterocycles. The molecule has 6 heteroatoms. The van der Waals surface area contributed by atoms with E-state index in [9.17, 15) is 0 Å². The molecular weight excluding hydrogens is 252 g/mol. The van der Waals surface area contributed by atoms with Gasteiger partial charge in [-0.1, -0.05) is 6.92 Å². The molecule has 0 radical (unpaired) electrons. The molecule has 2 aromatic heterocycles. The zero-order valence-corrected chi connectivity index (χ0v) is 12.3. The molecule has 0 bridgehead atoms. The van der Waals surface area contributed by atoms with Crippen LogP contribution in [0.3, 0.4) is 0 Å². The summed E-state index contributed by atoms with van der Waals surface area (Å²) in [5, 5.41) is 10.7. The van der Waals surface area contributed by atoms with Crippen LogP contribution < -0.4 is 10.6 Å². The molecule has 0 atom stereocenters. The summed E-state index contributed by atoms with van der Waals surface area (Å²) >= 11 is 0. The number of aromatic nitrogens is 4. The van der Waals surface area contributed by atoms with E-state index in [0.717, 1.165) is 37.4 Å². The summed E-state index contributed by atoms with van der Waals surface area (Å²) in [6.45, 7) is 5.81. The van der Waals surface area contributed by atoms with Crippen LogP contribution in [0.25, 0.3) is 0 Å². The van der Waals surface area contributed by atoms with Gasteiger partial charge in [0, 0.05) is 50.2 Å². The van der Waals surface area contributed by atoms with Gasteiger partial charge in [-0.05, 0) is 19.4 Å². The first-order valence-electron chi connectivity index (χ1n) is 6.99. The lowest BCUT2D eigenvalue weighted by Gasteiger charge is -2.09. The summed E-state index contributed by atoms with van der Waals surface area (Å²) in [4.78, 5) is 8.82. The maximum Gasteiger partial charge on any atom is 0.224 e. The fourth-order valence-electron chi connectivity index (χ4n) is 1.94. The Labute approximate surface area is 119 Å². The van der Waals surface area contributed by atoms with Gasteiger partial charge in [-0.15, -0.1) is 0 Å². The molecular formula is C14H22N6. The SMILES string of the molecule is CCCNc1nc(C)cc(NCCc2ccnn2C)n1. The summed E-state index contributed by atoms with van der Waals surface area (Å²) in [6.07, 6.45) is 3.79. The number of anilines is 2. The minimum absolute atomic E-state index is 0.690. The van der Waals surface area contributed by atoms with Crippen LogP contribution in [0.1, 0.15) is 24.7 Å². The molecule has 108 valence electrons. The molecule has 0 aliphatic heterocycles. The largest absolute Gasteiger partial charge is 0.370 e. The molecule has 0 unspecified atom stereocenters. The maximum atomic E-state index is 4.46. The van der Waals surface area contributed by atoms with Crippen molar-refractivity contribution in [2.45, 2.75) is 26.7 Å². The number of hydrogen-bond donors (Lipinski definition) is 2. The lowest BCUT2D eigenvalue weighted by atomic mass is 10.3. The van der Waals surface area contributed by atoms with E-state index in [1.54, 1.807) is 0 Å². The van der Waals surface area contributed by atoms with Gasteiger partial charge in [0.05, 0.1) is 0 Å². The molecule has 2 N–H and O–H groups in total. The highest BCUT2D eigenvalue weighted by Crippen LogP contribution is 2.10. The number of nitrogens with zero attached hydrogens (tertiary/aromatic N) is 4. The first kappa shape index (κ1) is 14.3. The third kappa shape index (κ3) is 3.94. The first-order chi connectivity index (χ1) is 9.69. The van der Waals surface area contributed by atoms with Gasteiger partial charge in [0.25, 0.3) is 0 Å². The third-order valence-electron chi connectivity index (χ3n) is 3.00. The van der Waals surface area contributed by atoms with Crippen molar-refractivity contribution in [3.63, 3.8) is 0 Å². The van der Waals surface area contributed by atoms with Gasteiger partial charge in [0.2, 0.25) is 5.95 Å². The van der Waals surface area contributed by atoms with E-state index < -0.39 is 0 Å². The molecule has 0 aliphatic rings. The van der Waals surface area contributed by atoms with Crippen molar-refractivity contribution < 1.29 is 0 Å². The second-order valence-electron chi connectivity index (χ2n) is 4.77. The van der Waals surface area contributed by atoms with Crippen LogP contribution >= 0.6 is 0 Å². The van der Waals surface area contributed by atoms with E-state index in [1.807, 2.05) is 37.0 Å². The minimum atomic E-state index is 0.690. The smallest absolute Gasteiger partial charge is 0.224 e. The quantitative estimate of drug-likeness (QED) is 0.808. The fourth-order valence-corrected chi connectivity index (χ4v) is 1.94. The molecule has 0 fully saturated rings. The average Bonchev–Trinajstić information content (AvgIpc) is 2.82. The van der Waals surface area contributed by atoms with Crippen molar-refractivity contribution in [1.29, 1.82) is 0 Å². The van der Waals surface area contributed by atoms with Gasteiger partial charge in [-0.3, -0.25) is 4.68 Å². The van der Waals surface area contributed by atoms with Gasteiger partial charge >= 0.3 is 0 Å². The molecule has 2 rings (SSSR count). The highest BCUT2D eigenvalue weighted by molar-refractivity contribution is 5.42. The second kappa shape index (κ2) is 6.88. The van der Waals surface area contributed by atoms with Crippen LogP contribution in [0, 0.1) is 6.92 Å². The Morgan fingerprint density at radius 3 is 2.75 bits per heavy atom. The Morgan fingerprint density at radius 2 is 2.05 bits per heavy atom. The molecule has 2 aromatic rings. The van der Waals surface area contributed by atoms with E-state index in [4.69, 9.17) is 0 Å². The summed E-state index contributed by atoms with van der Waals surface area (Å²) in [5.74, 6) is 1.55. The highest BCUT2D eigenvalue weighted by Gasteiger charge is 2.02. The second-order valence-corrected chi connectivity index (χ2v) is 4.77. The molecule has 0 saturated carbocycles. The molecule has 0 aromatic carbocycles. The molecule has 0 spiro atoms. The minimum Gasteiger partial charge on any atom is -0.370 e. The van der Waals surface area contributed by atoms with Crippen molar-refractivity contribution in [3.8, 4) is 0 Å². The molecule has 0 amide bonds. The van der Waals surface area contributed by atoms with E-state index in [-0.39, 0.29) is 0 Å². The van der Waals surface area contributed by atoms with Crippen molar-refractivity contribution >= 4 is 11.8 Å². The Hall–Kier alpha value is -2.11. The lowest BCUT2D eigenvalue weighted by molar-refractivity contribution is 0.711. The van der Waals surface area contributed by atoms with Crippen LogP contribution in [-0.4, -0.2) is 32.8 Å². The Bertz CT molecular complexity index is 548. The van der Waals surface area contributed by atoms with E-state index in [2.05, 4.69) is 32.6 Å². The monoisotopic (exact) mass is 274 g/mol. The zero-order valence-electron chi connectivity index (χ0n) is 12.3. The zero-order chi connectivity index (χ0) is 14.4. The molecule has 0 aliphatic carbocycles. The van der Waals surface area contributed by atoms with Crippen molar-refractivity contribution in [1.82, 2.24) is 19.7 Å². The van der Waals surface area contributed by atoms with E-state index in [1.165, 1.54) is 5.69 Å². The van der Waals surface area contributed by atoms with E-state index >= 15 is 0 Å². The average molecular weight is 274 g/mol. The number of rotatable bonds is 7. The Balaban J connectivity index is 1.91. The normalized spacial score (nSPS) is 10.6. The van der Waals surface area contributed by atoms with Crippen LogP contribution in [0.2, 0.25) is 0 Å². The van der Waals surface area contributed by atoms with Crippen molar-refractivity contribution in [2.24, 2.45) is 7.05 Å². The summed E-state index contributed by atoms with van der Waals surface area (Å²) in [7, 11) is 1.96. The fraction of sp³-hybridized carbons (Fsp3) is 0.500. The van der Waals surface area contributed by atoms with Crippen molar-refractivity contribution in [2.75, 3.05) is 23.7 Å². The standard InChI is InChI=1S/C14H22N6/c1-4-7-16-14-18-11(2)10-13(19-14)15-8-5-12-6-9-17-20(12)3/h6,9-10H,4-5,7-8H2,1-3H3,(H2,15,16,18,19). The van der Waals surface area contributed by atoms with Gasteiger partial charge in [0.1, 0.15) is 5.82 Å². The van der Waals surface area contributed by atoms with Gasteiger partial charge in [0.15, 0.2) is 0 Å². The molecule has 0 saturated heterocycles. The number of aryl methyl sites for hydroxylation is 2. The van der Waals surface area contributed by atoms with Gasteiger partial charge < -0.3 is 10.6 Å². The molecule has 6 nitrogen and oxygen atoms in total. The predicted molar refractivity (Wildman–Crippen MR) is 81.0 cm³/mol.